The van der Waals surface area contributed by atoms with Crippen molar-refractivity contribution in [2.45, 2.75) is 12.7 Å². The smallest absolute Gasteiger partial charge is 0.339 e. The maximum atomic E-state index is 13.2. The molecule has 4 aromatic rings. The van der Waals surface area contributed by atoms with Gasteiger partial charge in [0.25, 0.3) is 5.91 Å². The number of nitrogens with zero attached hydrogens (tertiary/aromatic N) is 6. The molecule has 0 atom stereocenters. The third-order valence-corrected chi connectivity index (χ3v) is 6.13. The zero-order valence-electron chi connectivity index (χ0n) is 19.8. The summed E-state index contributed by atoms with van der Waals surface area (Å²) in [5.41, 5.74) is -0.332. The van der Waals surface area contributed by atoms with Gasteiger partial charge in [0.05, 0.1) is 16.8 Å². The van der Waals surface area contributed by atoms with Gasteiger partial charge in [-0.15, -0.1) is 0 Å². The number of aromatic nitrogens is 5. The highest BCUT2D eigenvalue weighted by Gasteiger charge is 2.37. The Kier molecular flexibility index (Phi) is 6.38. The lowest BCUT2D eigenvalue weighted by Crippen LogP contribution is -2.48. The number of likely N-dealkylation sites (N-methyl/N-ethyl adjacent to an activating group) is 1. The maximum Gasteiger partial charge on any atom is 0.435 e. The van der Waals surface area contributed by atoms with Gasteiger partial charge in [0.1, 0.15) is 12.2 Å². The molecule has 4 heterocycles. The highest BCUT2D eigenvalue weighted by atomic mass is 19.4. The van der Waals surface area contributed by atoms with Gasteiger partial charge < -0.3 is 15.1 Å². The van der Waals surface area contributed by atoms with Gasteiger partial charge in [-0.2, -0.15) is 23.4 Å². The van der Waals surface area contributed by atoms with Crippen molar-refractivity contribution in [3.05, 3.63) is 60.2 Å². The first-order valence-corrected chi connectivity index (χ1v) is 11.5. The van der Waals surface area contributed by atoms with Crippen molar-refractivity contribution in [3.63, 3.8) is 0 Å². The topological polar surface area (TPSA) is 112 Å². The third-order valence-electron chi connectivity index (χ3n) is 6.13. The molecule has 192 valence electrons. The van der Waals surface area contributed by atoms with Gasteiger partial charge in [0, 0.05) is 49.6 Å². The summed E-state index contributed by atoms with van der Waals surface area (Å²) in [6.45, 7) is 3.14. The Morgan fingerprint density at radius 2 is 1.89 bits per heavy atom. The number of pyridine rings is 1. The van der Waals surface area contributed by atoms with E-state index in [9.17, 15) is 22.8 Å². The summed E-state index contributed by atoms with van der Waals surface area (Å²) in [5.74, 6) is -0.595. The van der Waals surface area contributed by atoms with Crippen LogP contribution in [0.1, 0.15) is 16.2 Å². The Balaban J connectivity index is 1.29. The molecule has 1 fully saturated rings. The molecule has 37 heavy (non-hydrogen) atoms. The molecule has 0 saturated carbocycles. The average molecular weight is 512 g/mol. The second kappa shape index (κ2) is 9.65. The fraction of sp³-hybridized carbons (Fsp3) is 0.292. The Morgan fingerprint density at radius 3 is 2.65 bits per heavy atom. The lowest BCUT2D eigenvalue weighted by atomic mass is 10.1. The molecule has 2 N–H and O–H groups in total. The van der Waals surface area contributed by atoms with Crippen molar-refractivity contribution in [2.24, 2.45) is 0 Å². The molecule has 1 aliphatic rings. The number of hydrogen-bond donors (Lipinski definition) is 2. The van der Waals surface area contributed by atoms with Crippen molar-refractivity contribution in [3.8, 4) is 11.3 Å². The fourth-order valence-corrected chi connectivity index (χ4v) is 4.14. The maximum absolute atomic E-state index is 13.2. The van der Waals surface area contributed by atoms with E-state index in [0.29, 0.717) is 24.3 Å². The number of piperazine rings is 1. The number of anilines is 1. The first-order valence-electron chi connectivity index (χ1n) is 11.5. The molecule has 13 heteroatoms. The largest absolute Gasteiger partial charge is 0.435 e. The van der Waals surface area contributed by atoms with Gasteiger partial charge in [-0.25, -0.2) is 4.98 Å². The number of rotatable bonds is 5. The Hall–Kier alpha value is -4.26. The minimum atomic E-state index is -4.66. The molecular weight excluding hydrogens is 489 g/mol. The van der Waals surface area contributed by atoms with Crippen LogP contribution in [0.5, 0.6) is 0 Å². The third kappa shape index (κ3) is 5.31. The van der Waals surface area contributed by atoms with Crippen LogP contribution in [0.15, 0.2) is 48.8 Å². The summed E-state index contributed by atoms with van der Waals surface area (Å²) in [7, 11) is 2.02. The monoisotopic (exact) mass is 512 g/mol. The van der Waals surface area contributed by atoms with Crippen LogP contribution in [-0.2, 0) is 17.5 Å². The van der Waals surface area contributed by atoms with Crippen LogP contribution >= 0.6 is 0 Å². The van der Waals surface area contributed by atoms with E-state index in [1.165, 1.54) is 18.2 Å². The molecule has 1 saturated heterocycles. The Labute approximate surface area is 209 Å². The number of alkyl halides is 3. The van der Waals surface area contributed by atoms with E-state index in [-0.39, 0.29) is 29.4 Å². The van der Waals surface area contributed by atoms with Crippen molar-refractivity contribution in [2.75, 3.05) is 38.5 Å². The first-order chi connectivity index (χ1) is 17.7. The first kappa shape index (κ1) is 24.4. The number of carbonyl (C=O) groups excluding carboxylic acids is 2. The normalized spacial score (nSPS) is 14.8. The van der Waals surface area contributed by atoms with E-state index in [4.69, 9.17) is 0 Å². The Bertz CT molecular complexity index is 1450. The number of nitrogens with one attached hydrogen (secondary N) is 2. The summed E-state index contributed by atoms with van der Waals surface area (Å²) in [6, 6.07) is 9.31. The molecule has 0 aliphatic carbocycles. The number of H-pyrrole nitrogens is 1. The number of benzene rings is 1. The summed E-state index contributed by atoms with van der Waals surface area (Å²) in [4.78, 5) is 33.5. The lowest BCUT2D eigenvalue weighted by molar-refractivity contribution is -0.140. The van der Waals surface area contributed by atoms with Crippen LogP contribution in [0.2, 0.25) is 0 Å². The van der Waals surface area contributed by atoms with E-state index in [1.54, 1.807) is 29.1 Å². The van der Waals surface area contributed by atoms with E-state index in [1.807, 2.05) is 11.9 Å². The predicted octanol–water partition coefficient (Wildman–Crippen LogP) is 2.87. The van der Waals surface area contributed by atoms with Crippen LogP contribution in [0.4, 0.5) is 18.9 Å². The minimum Gasteiger partial charge on any atom is -0.339 e. The highest BCUT2D eigenvalue weighted by molar-refractivity contribution is 6.04. The predicted molar refractivity (Wildman–Crippen MR) is 129 cm³/mol. The summed E-state index contributed by atoms with van der Waals surface area (Å²) >= 11 is 0. The van der Waals surface area contributed by atoms with E-state index in [2.05, 4.69) is 30.5 Å². The molecule has 3 aromatic heterocycles. The molecule has 0 radical (unpaired) electrons. The molecule has 1 aromatic carbocycles. The number of fused-ring (bicyclic) bond motifs is 1. The zero-order valence-corrected chi connectivity index (χ0v) is 19.8. The van der Waals surface area contributed by atoms with Crippen molar-refractivity contribution < 1.29 is 22.8 Å². The number of amides is 2. The highest BCUT2D eigenvalue weighted by Crippen LogP contribution is 2.34. The zero-order chi connectivity index (χ0) is 26.2. The number of halogens is 3. The molecular formula is C24H23F3N8O2. The van der Waals surface area contributed by atoms with Crippen LogP contribution < -0.4 is 5.32 Å². The minimum absolute atomic E-state index is 0.00769. The van der Waals surface area contributed by atoms with Gasteiger partial charge in [-0.1, -0.05) is 6.07 Å². The fourth-order valence-electron chi connectivity index (χ4n) is 4.14. The summed E-state index contributed by atoms with van der Waals surface area (Å²) in [6.07, 6.45) is -1.84. The van der Waals surface area contributed by atoms with Gasteiger partial charge in [0.2, 0.25) is 5.91 Å². The number of aromatic amines is 1. The molecule has 5 rings (SSSR count). The second-order valence-corrected chi connectivity index (χ2v) is 8.79. The second-order valence-electron chi connectivity index (χ2n) is 8.79. The van der Waals surface area contributed by atoms with Gasteiger partial charge in [-0.05, 0) is 37.4 Å². The van der Waals surface area contributed by atoms with Gasteiger partial charge in [-0.3, -0.25) is 19.4 Å². The summed E-state index contributed by atoms with van der Waals surface area (Å²) in [5, 5.41) is 13.3. The van der Waals surface area contributed by atoms with Crippen molar-refractivity contribution >= 4 is 28.4 Å². The van der Waals surface area contributed by atoms with Crippen LogP contribution in [0, 0.1) is 0 Å². The van der Waals surface area contributed by atoms with Crippen LogP contribution in [-0.4, -0.2) is 79.8 Å². The standard InChI is InChI=1S/C24H23F3N8O2/c1-33-7-9-34(10-8-33)21(36)14-35-13-15-11-16(5-6-18(15)32-35)29-23(37)20-4-2-3-19(30-20)17-12-28-31-22(17)24(25,26)27/h2-6,11-13H,7-10,14H2,1H3,(H,28,31)(H,29,37). The molecule has 2 amide bonds. The van der Waals surface area contributed by atoms with E-state index >= 15 is 0 Å². The quantitative estimate of drug-likeness (QED) is 0.425. The van der Waals surface area contributed by atoms with Gasteiger partial charge >= 0.3 is 6.18 Å². The number of carbonyl (C=O) groups is 2. The average Bonchev–Trinajstić information content (AvgIpc) is 3.51. The van der Waals surface area contributed by atoms with E-state index < -0.39 is 17.8 Å². The van der Waals surface area contributed by atoms with Gasteiger partial charge in [0.15, 0.2) is 5.69 Å². The van der Waals surface area contributed by atoms with Crippen molar-refractivity contribution in [1.82, 2.24) is 34.8 Å². The molecule has 10 nitrogen and oxygen atoms in total. The van der Waals surface area contributed by atoms with Crippen LogP contribution in [0.25, 0.3) is 22.2 Å². The van der Waals surface area contributed by atoms with Crippen molar-refractivity contribution in [1.29, 1.82) is 0 Å². The van der Waals surface area contributed by atoms with Crippen LogP contribution in [0.3, 0.4) is 0 Å². The molecule has 0 bridgehead atoms. The number of hydrogen-bond acceptors (Lipinski definition) is 6. The molecule has 0 spiro atoms. The SMILES string of the molecule is CN1CCN(C(=O)Cn2cc3cc(NC(=O)c4cccc(-c5c[nH]nc5C(F)(F)F)n4)ccc3n2)CC1. The Morgan fingerprint density at radius 1 is 1.11 bits per heavy atom. The van der Waals surface area contributed by atoms with E-state index in [0.717, 1.165) is 24.7 Å². The molecule has 1 aliphatic heterocycles. The molecule has 0 unspecified atom stereocenters. The summed E-state index contributed by atoms with van der Waals surface area (Å²) < 4.78 is 41.2. The lowest BCUT2D eigenvalue weighted by Gasteiger charge is -2.32.